The van der Waals surface area contributed by atoms with Gasteiger partial charge >= 0.3 is 0 Å². The maximum Gasteiger partial charge on any atom is 0.275 e. The third kappa shape index (κ3) is 4.44. The molecule has 0 saturated carbocycles. The number of nitrogens with one attached hydrogen (secondary N) is 1. The largest absolute Gasteiger partial charge is 0.479 e. The first-order valence-corrected chi connectivity index (χ1v) is 13.1. The van der Waals surface area contributed by atoms with Crippen LogP contribution in [0.1, 0.15) is 65.1 Å². The van der Waals surface area contributed by atoms with Gasteiger partial charge in [-0.3, -0.25) is 9.59 Å². The minimum absolute atomic E-state index is 0.0417. The number of amides is 2. The number of anilines is 1. The van der Waals surface area contributed by atoms with E-state index in [-0.39, 0.29) is 30.3 Å². The van der Waals surface area contributed by atoms with Crippen LogP contribution in [0.15, 0.2) is 30.5 Å². The van der Waals surface area contributed by atoms with Crippen LogP contribution in [0.3, 0.4) is 0 Å². The van der Waals surface area contributed by atoms with Crippen LogP contribution in [0.4, 0.5) is 5.95 Å². The lowest BCUT2D eigenvalue weighted by molar-refractivity contribution is -0.122. The molecule has 12 heteroatoms. The fraction of sp³-hybridized carbons (Fsp3) is 0.407. The van der Waals surface area contributed by atoms with Gasteiger partial charge in [-0.15, -0.1) is 11.6 Å². The Balaban J connectivity index is 1.70. The number of alkyl halides is 1. The maximum absolute atomic E-state index is 14.1. The molecule has 3 atom stereocenters. The second kappa shape index (κ2) is 10.2. The molecule has 2 aliphatic rings. The fourth-order valence-electron chi connectivity index (χ4n) is 5.26. The molecule has 0 aliphatic carbocycles. The molecule has 1 saturated heterocycles. The van der Waals surface area contributed by atoms with Gasteiger partial charge in [0.2, 0.25) is 17.7 Å². The summed E-state index contributed by atoms with van der Waals surface area (Å²) in [6.07, 6.45) is 1.96. The van der Waals surface area contributed by atoms with E-state index in [0.29, 0.717) is 35.2 Å². The molecule has 1 aromatic carbocycles. The number of hydrogen-bond donors (Lipinski definition) is 1. The molecule has 3 unspecified atom stereocenters. The molecule has 0 radical (unpaired) electrons. The van der Waals surface area contributed by atoms with Crippen molar-refractivity contribution in [2.45, 2.75) is 43.6 Å². The Morgan fingerprint density at radius 2 is 1.95 bits per heavy atom. The monoisotopic (exact) mass is 548 g/mol. The number of methoxy groups -OCH3 is 1. The van der Waals surface area contributed by atoms with Crippen molar-refractivity contribution >= 4 is 29.4 Å². The molecule has 202 valence electrons. The lowest BCUT2D eigenvalue weighted by atomic mass is 9.92. The van der Waals surface area contributed by atoms with Gasteiger partial charge in [-0.25, -0.2) is 9.67 Å². The normalized spacial score (nSPS) is 20.6. The van der Waals surface area contributed by atoms with E-state index >= 15 is 0 Å². The summed E-state index contributed by atoms with van der Waals surface area (Å²) in [5, 5.41) is 16.2. The molecule has 0 spiro atoms. The second-order valence-electron chi connectivity index (χ2n) is 10.1. The molecular weight excluding hydrogens is 520 g/mol. The summed E-state index contributed by atoms with van der Waals surface area (Å²) in [6, 6.07) is 8.50. The van der Waals surface area contributed by atoms with E-state index in [1.165, 1.54) is 7.11 Å². The Bertz CT molecular complexity index is 1480. The summed E-state index contributed by atoms with van der Waals surface area (Å²) < 4.78 is 7.31. The topological polar surface area (TPSA) is 129 Å². The number of carbonyl (C=O) groups excluding carboxylic acids is 2. The predicted molar refractivity (Wildman–Crippen MR) is 144 cm³/mol. The Hall–Kier alpha value is -4.17. The van der Waals surface area contributed by atoms with Crippen LogP contribution in [0.25, 0.3) is 5.69 Å². The molecule has 2 amide bonds. The quantitative estimate of drug-likeness (QED) is 0.465. The van der Waals surface area contributed by atoms with Crippen molar-refractivity contribution in [3.8, 4) is 17.6 Å². The van der Waals surface area contributed by atoms with Crippen molar-refractivity contribution in [3.63, 3.8) is 0 Å². The number of carbonyl (C=O) groups is 2. The highest BCUT2D eigenvalue weighted by Gasteiger charge is 2.48. The van der Waals surface area contributed by atoms with Crippen LogP contribution >= 0.6 is 11.6 Å². The van der Waals surface area contributed by atoms with E-state index in [1.807, 2.05) is 40.1 Å². The summed E-state index contributed by atoms with van der Waals surface area (Å²) >= 11 is 6.32. The molecule has 39 heavy (non-hydrogen) atoms. The van der Waals surface area contributed by atoms with E-state index in [1.54, 1.807) is 32.8 Å². The molecule has 1 N–H and O–H groups in total. The van der Waals surface area contributed by atoms with Gasteiger partial charge in [0.15, 0.2) is 5.69 Å². The van der Waals surface area contributed by atoms with E-state index < -0.39 is 11.4 Å². The highest BCUT2D eigenvalue weighted by atomic mass is 35.5. The van der Waals surface area contributed by atoms with Crippen LogP contribution < -0.4 is 15.0 Å². The zero-order valence-electron chi connectivity index (χ0n) is 22.3. The van der Waals surface area contributed by atoms with Gasteiger partial charge in [0.25, 0.3) is 5.91 Å². The lowest BCUT2D eigenvalue weighted by Crippen LogP contribution is -2.53. The number of fused-ring (bicyclic) bond motifs is 1. The van der Waals surface area contributed by atoms with Gasteiger partial charge in [-0.1, -0.05) is 26.0 Å². The second-order valence-corrected chi connectivity index (χ2v) is 10.7. The first kappa shape index (κ1) is 26.4. The highest BCUT2D eigenvalue weighted by molar-refractivity contribution is 6.31. The summed E-state index contributed by atoms with van der Waals surface area (Å²) in [6.45, 7) is 4.36. The first-order chi connectivity index (χ1) is 18.7. The van der Waals surface area contributed by atoms with Crippen molar-refractivity contribution in [3.05, 3.63) is 58.5 Å². The number of nitrogens with zero attached hydrogens (tertiary/aromatic N) is 7. The summed E-state index contributed by atoms with van der Waals surface area (Å²) in [7, 11) is 5.21. The van der Waals surface area contributed by atoms with E-state index in [0.717, 1.165) is 16.8 Å². The molecule has 4 heterocycles. The van der Waals surface area contributed by atoms with Crippen LogP contribution in [-0.4, -0.2) is 75.6 Å². The smallest absolute Gasteiger partial charge is 0.275 e. The molecular formula is C27H29ClN8O3. The molecule has 3 aromatic rings. The van der Waals surface area contributed by atoms with Crippen LogP contribution in [0, 0.1) is 11.3 Å². The molecule has 1 fully saturated rings. The highest BCUT2D eigenvalue weighted by Crippen LogP contribution is 2.45. The number of ether oxygens (including phenoxy) is 1. The maximum atomic E-state index is 14.1. The average Bonchev–Trinajstić information content (AvgIpc) is 3.45. The number of hydrogen-bond acceptors (Lipinski definition) is 8. The number of halogens is 1. The van der Waals surface area contributed by atoms with Gasteiger partial charge < -0.3 is 19.9 Å². The van der Waals surface area contributed by atoms with Crippen LogP contribution in [0.5, 0.6) is 5.88 Å². The molecule has 5 rings (SSSR count). The Morgan fingerprint density at radius 3 is 2.54 bits per heavy atom. The number of aromatic nitrogens is 4. The summed E-state index contributed by atoms with van der Waals surface area (Å²) in [4.78, 5) is 38.7. The minimum atomic E-state index is -0.743. The number of benzene rings is 1. The van der Waals surface area contributed by atoms with Gasteiger partial charge in [0.05, 0.1) is 42.7 Å². The van der Waals surface area contributed by atoms with Crippen molar-refractivity contribution < 1.29 is 14.3 Å². The van der Waals surface area contributed by atoms with Gasteiger partial charge in [0, 0.05) is 26.2 Å². The van der Waals surface area contributed by atoms with Crippen molar-refractivity contribution in [2.75, 3.05) is 32.6 Å². The molecule has 11 nitrogen and oxygen atoms in total. The molecule has 2 aromatic heterocycles. The Kier molecular flexibility index (Phi) is 6.91. The van der Waals surface area contributed by atoms with Gasteiger partial charge in [0.1, 0.15) is 11.1 Å². The first-order valence-electron chi connectivity index (χ1n) is 12.6. The minimum Gasteiger partial charge on any atom is -0.479 e. The van der Waals surface area contributed by atoms with Crippen molar-refractivity contribution in [1.82, 2.24) is 30.0 Å². The van der Waals surface area contributed by atoms with Crippen LogP contribution in [-0.2, 0) is 4.79 Å². The van der Waals surface area contributed by atoms with Crippen molar-refractivity contribution in [2.24, 2.45) is 0 Å². The Labute approximate surface area is 231 Å². The number of nitriles is 1. The number of piperidine rings is 1. The molecule has 2 aliphatic heterocycles. The van der Waals surface area contributed by atoms with Gasteiger partial charge in [-0.2, -0.15) is 15.3 Å². The van der Waals surface area contributed by atoms with E-state index in [2.05, 4.69) is 21.4 Å². The zero-order valence-corrected chi connectivity index (χ0v) is 23.1. The van der Waals surface area contributed by atoms with Crippen molar-refractivity contribution in [1.29, 1.82) is 5.26 Å². The van der Waals surface area contributed by atoms with E-state index in [4.69, 9.17) is 21.4 Å². The average molecular weight is 549 g/mol. The third-order valence-electron chi connectivity index (χ3n) is 7.06. The fourth-order valence-corrected chi connectivity index (χ4v) is 5.55. The third-order valence-corrected chi connectivity index (χ3v) is 7.44. The zero-order chi connectivity index (χ0) is 28.0. The summed E-state index contributed by atoms with van der Waals surface area (Å²) in [5.41, 5.74) is 3.76. The van der Waals surface area contributed by atoms with E-state index in [9.17, 15) is 14.9 Å². The Morgan fingerprint density at radius 1 is 1.23 bits per heavy atom. The summed E-state index contributed by atoms with van der Waals surface area (Å²) in [5.74, 6) is 0.272. The lowest BCUT2D eigenvalue weighted by Gasteiger charge is -2.38. The standard InChI is InChI=1S/C27H29ClN8O3/c1-14(2)22-20-21(33-36(22)19-13-31-27(34(3)4)32-25(19)39-5)26(38)35(17-10-18(28)24(37)30-12-17)23(20)16-8-6-15(11-29)7-9-16/h6-9,13-14,17-18,23H,10,12H2,1-5H3,(H,30,37). The van der Waals surface area contributed by atoms with Crippen LogP contribution in [0.2, 0.25) is 0 Å². The predicted octanol–water partition coefficient (Wildman–Crippen LogP) is 2.77. The SMILES string of the molecule is COc1nc(N(C)C)ncc1-n1nc2c(c1C(C)C)C(c1ccc(C#N)cc1)N(C1CNC(=O)C(Cl)C1)C2=O. The molecule has 0 bridgehead atoms. The van der Waals surface area contributed by atoms with Gasteiger partial charge in [-0.05, 0) is 30.0 Å². The number of rotatable bonds is 6.